The lowest BCUT2D eigenvalue weighted by Gasteiger charge is -2.49. The van der Waals surface area contributed by atoms with Crippen LogP contribution < -0.4 is 27.8 Å². The number of rotatable bonds is 16. The van der Waals surface area contributed by atoms with E-state index in [1.165, 1.54) is 14.0 Å². The molecule has 4 unspecified atom stereocenters. The number of likely N-dealkylation sites (N-methyl/N-ethyl adjacent to an activating group) is 1. The van der Waals surface area contributed by atoms with Gasteiger partial charge < -0.3 is 92.7 Å². The van der Waals surface area contributed by atoms with Crippen molar-refractivity contribution in [2.45, 2.75) is 124 Å². The Balaban J connectivity index is 1.81. The number of aliphatic hydroxyl groups excluding tert-OH is 8. The van der Waals surface area contributed by atoms with Crippen LogP contribution in [-0.2, 0) is 23.7 Å². The molecule has 17 atom stereocenters. The Morgan fingerprint density at radius 1 is 0.979 bits per heavy atom. The van der Waals surface area contributed by atoms with Crippen LogP contribution in [-0.4, -0.2) is 189 Å². The second-order valence-electron chi connectivity index (χ2n) is 13.0. The van der Waals surface area contributed by atoms with Crippen LogP contribution in [0.5, 0.6) is 0 Å². The van der Waals surface area contributed by atoms with E-state index in [0.717, 1.165) is 0 Å². The molecule has 2 aliphatic heterocycles. The van der Waals surface area contributed by atoms with Crippen LogP contribution in [0.25, 0.3) is 0 Å². The van der Waals surface area contributed by atoms with E-state index >= 15 is 0 Å². The summed E-state index contributed by atoms with van der Waals surface area (Å²) < 4.78 is 23.3. The van der Waals surface area contributed by atoms with Crippen LogP contribution in [0.15, 0.2) is 0 Å². The zero-order valence-electron chi connectivity index (χ0n) is 26.7. The third-order valence-electron chi connectivity index (χ3n) is 9.15. The summed E-state index contributed by atoms with van der Waals surface area (Å²) in [6.45, 7) is 1.09. The maximum atomic E-state index is 12.9. The first-order chi connectivity index (χ1) is 22.1. The number of ether oxygens (including phenoxy) is 4. The predicted molar refractivity (Wildman–Crippen MR) is 161 cm³/mol. The van der Waals surface area contributed by atoms with Crippen molar-refractivity contribution < 1.29 is 69.7 Å². The Morgan fingerprint density at radius 2 is 1.64 bits per heavy atom. The van der Waals surface area contributed by atoms with Crippen LogP contribution in [0.3, 0.4) is 0 Å². The summed E-state index contributed by atoms with van der Waals surface area (Å²) in [6.07, 6.45) is -19.4. The van der Waals surface area contributed by atoms with E-state index in [1.807, 2.05) is 0 Å². The monoisotopic (exact) mass is 685 g/mol. The molecule has 19 heteroatoms. The average molecular weight is 686 g/mol. The maximum absolute atomic E-state index is 12.9. The van der Waals surface area contributed by atoms with Crippen molar-refractivity contribution >= 4 is 5.78 Å². The van der Waals surface area contributed by atoms with Gasteiger partial charge in [-0.15, -0.1) is 0 Å². The van der Waals surface area contributed by atoms with E-state index in [1.54, 1.807) is 0 Å². The van der Waals surface area contributed by atoms with Crippen LogP contribution >= 0.6 is 0 Å². The molecule has 47 heavy (non-hydrogen) atoms. The van der Waals surface area contributed by atoms with Crippen molar-refractivity contribution in [3.63, 3.8) is 0 Å². The van der Waals surface area contributed by atoms with Gasteiger partial charge in [0.1, 0.15) is 54.4 Å². The molecule has 0 aromatic carbocycles. The Morgan fingerprint density at radius 3 is 2.26 bits per heavy atom. The number of carbonyl (C=O) groups is 1. The van der Waals surface area contributed by atoms with Crippen LogP contribution in [0, 0.1) is 5.92 Å². The molecule has 2 saturated heterocycles. The Kier molecular flexibility index (Phi) is 15.2. The molecule has 1 aliphatic carbocycles. The highest BCUT2D eigenvalue weighted by Gasteiger charge is 2.53. The Hall–Kier alpha value is -1.05. The van der Waals surface area contributed by atoms with Crippen molar-refractivity contribution in [1.29, 1.82) is 0 Å². The lowest BCUT2D eigenvalue weighted by Crippen LogP contribution is -2.67. The molecule has 3 fully saturated rings. The minimum Gasteiger partial charge on any atom is -0.392 e. The predicted octanol–water partition coefficient (Wildman–Crippen LogP) is -7.73. The molecule has 0 bridgehead atoms. The maximum Gasteiger partial charge on any atom is 0.187 e. The van der Waals surface area contributed by atoms with Crippen molar-refractivity contribution in [2.24, 2.45) is 23.1 Å². The van der Waals surface area contributed by atoms with E-state index in [0.29, 0.717) is 6.42 Å². The number of aliphatic hydroxyl groups is 9. The van der Waals surface area contributed by atoms with E-state index in [9.17, 15) is 50.8 Å². The molecule has 2 heterocycles. The van der Waals surface area contributed by atoms with Gasteiger partial charge in [0.25, 0.3) is 0 Å². The van der Waals surface area contributed by atoms with Gasteiger partial charge in [-0.2, -0.15) is 0 Å². The molecule has 1 saturated carbocycles. The third kappa shape index (κ3) is 9.81. The Bertz CT molecular complexity index is 973. The fourth-order valence-corrected chi connectivity index (χ4v) is 6.39. The van der Waals surface area contributed by atoms with Gasteiger partial charge >= 0.3 is 0 Å². The summed E-state index contributed by atoms with van der Waals surface area (Å²) in [4.78, 5) is 12.9. The fourth-order valence-electron chi connectivity index (χ4n) is 6.39. The fraction of sp³-hybridized carbons (Fsp3) is 0.964. The molecule has 0 radical (unpaired) electrons. The highest BCUT2D eigenvalue weighted by Crippen LogP contribution is 2.36. The molecule has 3 aliphatic rings. The number of carbonyl (C=O) groups excluding carboxylic acids is 1. The van der Waals surface area contributed by atoms with Gasteiger partial charge in [-0.1, -0.05) is 0 Å². The molecule has 276 valence electrons. The van der Waals surface area contributed by atoms with Gasteiger partial charge in [0.15, 0.2) is 18.4 Å². The normalized spacial score (nSPS) is 43.3. The van der Waals surface area contributed by atoms with Crippen LogP contribution in [0.2, 0.25) is 0 Å². The van der Waals surface area contributed by atoms with E-state index in [4.69, 9.17) is 36.1 Å². The van der Waals surface area contributed by atoms with Crippen molar-refractivity contribution in [2.75, 3.05) is 39.8 Å². The van der Waals surface area contributed by atoms with Crippen molar-refractivity contribution in [3.05, 3.63) is 0 Å². The molecule has 0 aromatic heterocycles. The quantitative estimate of drug-likeness (QED) is 0.0717. The highest BCUT2D eigenvalue weighted by atomic mass is 16.7. The zero-order chi connectivity index (χ0) is 35.2. The van der Waals surface area contributed by atoms with Crippen molar-refractivity contribution in [1.82, 2.24) is 10.6 Å². The van der Waals surface area contributed by atoms with Gasteiger partial charge in [0.05, 0.1) is 31.0 Å². The summed E-state index contributed by atoms with van der Waals surface area (Å²) in [6, 6.07) is -1.96. The van der Waals surface area contributed by atoms with E-state index < -0.39 is 122 Å². The average Bonchev–Trinajstić information content (AvgIpc) is 3.02. The largest absolute Gasteiger partial charge is 0.392 e. The molecule has 17 N–H and O–H groups in total. The molecular formula is C28H55N5O14. The van der Waals surface area contributed by atoms with Crippen molar-refractivity contribution in [3.8, 4) is 0 Å². The van der Waals surface area contributed by atoms with Gasteiger partial charge in [0.2, 0.25) is 0 Å². The minimum atomic E-state index is -1.83. The number of nitrogens with one attached hydrogen (secondary N) is 2. The Labute approximate surface area is 272 Å². The van der Waals surface area contributed by atoms with Gasteiger partial charge in [-0.05, 0) is 39.3 Å². The highest BCUT2D eigenvalue weighted by molar-refractivity contribution is 5.83. The molecule has 0 aromatic rings. The SMILES string of the molecule is CN[C@@H]1[C@@H](O)[C@@H](O[C@H]2[C@H](CC(=O)C(O)C(O)CN)C[C@H](N)C(O[C@H]3O[C@H](CNCC(O)CCN)[C@@H](O)[C@H](O)[C@H]3O)[C@@H]2O)OC[C@]1(C)O. The first kappa shape index (κ1) is 40.4. The number of nitrogens with two attached hydrogens (primary N) is 3. The standard InChI is InChI=1S/C28H55N5O14/c1-28(43)10-44-26(22(42)25(28)32-2)46-23-11(6-14(35)17(37)15(36)7-30)5-13(31)24(21(23)41)47-27-20(40)19(39)18(38)16(45-27)9-33-8-12(34)3-4-29/h11-13,15-27,32-34,36-43H,3-10,29-31H2,1-2H3/t11-,12?,13-,15?,16+,17?,18+,19-,20+,21+,22+,23-,24?,25+,26+,27+,28-/m0/s1. The van der Waals surface area contributed by atoms with Gasteiger partial charge in [-0.25, -0.2) is 0 Å². The topological polar surface area (TPSA) is 338 Å². The molecule has 0 spiro atoms. The van der Waals surface area contributed by atoms with Gasteiger partial charge in [-0.3, -0.25) is 4.79 Å². The molecular weight excluding hydrogens is 630 g/mol. The van der Waals surface area contributed by atoms with Crippen LogP contribution in [0.4, 0.5) is 0 Å². The second-order valence-corrected chi connectivity index (χ2v) is 13.0. The molecule has 0 amide bonds. The summed E-state index contributed by atoms with van der Waals surface area (Å²) in [5.41, 5.74) is 15.7. The van der Waals surface area contributed by atoms with E-state index in [2.05, 4.69) is 10.6 Å². The summed E-state index contributed by atoms with van der Waals surface area (Å²) >= 11 is 0. The van der Waals surface area contributed by atoms with Gasteiger partial charge in [0, 0.05) is 32.1 Å². The second kappa shape index (κ2) is 17.7. The molecule has 19 nitrogen and oxygen atoms in total. The minimum absolute atomic E-state index is 0.0636. The number of ketones is 1. The summed E-state index contributed by atoms with van der Waals surface area (Å²) in [5.74, 6) is -1.73. The molecule has 3 rings (SSSR count). The lowest BCUT2D eigenvalue weighted by molar-refractivity contribution is -0.333. The summed E-state index contributed by atoms with van der Waals surface area (Å²) in [7, 11) is 1.51. The smallest absolute Gasteiger partial charge is 0.187 e. The first-order valence-electron chi connectivity index (χ1n) is 15.9. The number of Topliss-reactive ketones (excluding diaryl/α,β-unsaturated/α-hetero) is 1. The number of hydrogen-bond acceptors (Lipinski definition) is 19. The lowest BCUT2D eigenvalue weighted by atomic mass is 9.76. The first-order valence-corrected chi connectivity index (χ1v) is 15.9. The third-order valence-corrected chi connectivity index (χ3v) is 9.15. The van der Waals surface area contributed by atoms with Crippen LogP contribution in [0.1, 0.15) is 26.2 Å². The number of hydrogen-bond donors (Lipinski definition) is 14. The summed E-state index contributed by atoms with van der Waals surface area (Å²) in [5, 5.41) is 101. The zero-order valence-corrected chi connectivity index (χ0v) is 26.7. The van der Waals surface area contributed by atoms with E-state index in [-0.39, 0.29) is 32.7 Å².